The van der Waals surface area contributed by atoms with Gasteiger partial charge in [0.05, 0.1) is 6.61 Å². The predicted octanol–water partition coefficient (Wildman–Crippen LogP) is 1.24. The number of ether oxygens (including phenoxy) is 1. The maximum absolute atomic E-state index is 5.94. The lowest BCUT2D eigenvalue weighted by Crippen LogP contribution is -2.28. The highest BCUT2D eigenvalue weighted by molar-refractivity contribution is 5.56. The molecule has 1 aromatic rings. The van der Waals surface area contributed by atoms with Gasteiger partial charge in [-0.2, -0.15) is 0 Å². The van der Waals surface area contributed by atoms with Gasteiger partial charge in [0.25, 0.3) is 0 Å². The third-order valence-corrected chi connectivity index (χ3v) is 2.98. The van der Waals surface area contributed by atoms with Crippen molar-refractivity contribution in [2.24, 2.45) is 0 Å². The highest BCUT2D eigenvalue weighted by atomic mass is 16.5. The number of aromatic nitrogens is 2. The van der Waals surface area contributed by atoms with Gasteiger partial charge in [-0.05, 0) is 12.8 Å². The van der Waals surface area contributed by atoms with E-state index in [0.29, 0.717) is 5.82 Å². The van der Waals surface area contributed by atoms with Crippen LogP contribution in [0, 0.1) is 0 Å². The van der Waals surface area contributed by atoms with E-state index in [9.17, 15) is 0 Å². The summed E-state index contributed by atoms with van der Waals surface area (Å²) in [6.07, 6.45) is 4.57. The molecular weight excluding hydrogens is 216 g/mol. The molecule has 0 aromatic carbocycles. The van der Waals surface area contributed by atoms with Crippen molar-refractivity contribution in [3.05, 3.63) is 11.9 Å². The average molecular weight is 236 g/mol. The van der Waals surface area contributed by atoms with E-state index in [4.69, 9.17) is 10.5 Å². The first kappa shape index (κ1) is 12.1. The maximum atomic E-state index is 5.94. The zero-order valence-electron chi connectivity index (χ0n) is 10.4. The van der Waals surface area contributed by atoms with E-state index in [2.05, 4.69) is 21.8 Å². The molecular formula is C12H20N4O. The van der Waals surface area contributed by atoms with Gasteiger partial charge < -0.3 is 15.4 Å². The smallest absolute Gasteiger partial charge is 0.137 e. The highest BCUT2D eigenvalue weighted by Gasteiger charge is 2.16. The summed E-state index contributed by atoms with van der Waals surface area (Å²) >= 11 is 0. The zero-order chi connectivity index (χ0) is 12.1. The van der Waals surface area contributed by atoms with Crippen LogP contribution in [0.3, 0.4) is 0 Å². The van der Waals surface area contributed by atoms with E-state index in [1.54, 1.807) is 6.33 Å². The number of hydrogen-bond acceptors (Lipinski definition) is 5. The van der Waals surface area contributed by atoms with E-state index in [1.165, 1.54) is 0 Å². The van der Waals surface area contributed by atoms with Gasteiger partial charge in [0.1, 0.15) is 18.0 Å². The molecule has 17 heavy (non-hydrogen) atoms. The Morgan fingerprint density at radius 2 is 2.24 bits per heavy atom. The predicted molar refractivity (Wildman–Crippen MR) is 68.1 cm³/mol. The number of anilines is 2. The zero-order valence-corrected chi connectivity index (χ0v) is 10.4. The summed E-state index contributed by atoms with van der Waals surface area (Å²) in [5, 5.41) is 0. The van der Waals surface area contributed by atoms with Gasteiger partial charge in [0, 0.05) is 25.3 Å². The molecule has 1 fully saturated rings. The third-order valence-electron chi connectivity index (χ3n) is 2.98. The molecule has 0 bridgehead atoms. The van der Waals surface area contributed by atoms with Gasteiger partial charge in [-0.1, -0.05) is 13.3 Å². The Bertz CT molecular complexity index is 362. The van der Waals surface area contributed by atoms with E-state index in [-0.39, 0.29) is 0 Å². The van der Waals surface area contributed by atoms with Crippen molar-refractivity contribution < 1.29 is 4.74 Å². The molecule has 0 aliphatic carbocycles. The Morgan fingerprint density at radius 1 is 1.35 bits per heavy atom. The van der Waals surface area contributed by atoms with Crippen LogP contribution in [0.1, 0.15) is 25.3 Å². The second-order valence-corrected chi connectivity index (χ2v) is 4.26. The average Bonchev–Trinajstić information content (AvgIpc) is 2.60. The third kappa shape index (κ3) is 2.85. The fourth-order valence-corrected chi connectivity index (χ4v) is 2.14. The van der Waals surface area contributed by atoms with Crippen LogP contribution in [0.2, 0.25) is 0 Å². The van der Waals surface area contributed by atoms with Crippen LogP contribution in [0.15, 0.2) is 6.33 Å². The Balaban J connectivity index is 2.25. The van der Waals surface area contributed by atoms with Crippen molar-refractivity contribution >= 4 is 11.6 Å². The molecule has 0 saturated carbocycles. The highest BCUT2D eigenvalue weighted by Crippen LogP contribution is 2.23. The molecule has 0 unspecified atom stereocenters. The topological polar surface area (TPSA) is 64.3 Å². The quantitative estimate of drug-likeness (QED) is 0.855. The summed E-state index contributed by atoms with van der Waals surface area (Å²) in [6, 6.07) is 0. The summed E-state index contributed by atoms with van der Waals surface area (Å²) in [6.45, 7) is 5.59. The Kier molecular flexibility index (Phi) is 4.14. The molecule has 5 nitrogen and oxygen atoms in total. The molecule has 0 amide bonds. The Hall–Kier alpha value is -1.36. The lowest BCUT2D eigenvalue weighted by atomic mass is 10.1. The molecule has 5 heteroatoms. The molecule has 1 aliphatic rings. The molecule has 0 radical (unpaired) electrons. The summed E-state index contributed by atoms with van der Waals surface area (Å²) in [5.74, 6) is 1.60. The fraction of sp³-hybridized carbons (Fsp3) is 0.667. The molecule has 1 aromatic heterocycles. The SMILES string of the molecule is CCCc1c(N)ncnc1N1CCCOCC1. The van der Waals surface area contributed by atoms with Gasteiger partial charge in [-0.15, -0.1) is 0 Å². The molecule has 0 spiro atoms. The van der Waals surface area contributed by atoms with E-state index in [1.807, 2.05) is 0 Å². The van der Waals surface area contributed by atoms with Crippen molar-refractivity contribution in [3.8, 4) is 0 Å². The monoisotopic (exact) mass is 236 g/mol. The van der Waals surface area contributed by atoms with E-state index >= 15 is 0 Å². The number of rotatable bonds is 3. The first-order valence-electron chi connectivity index (χ1n) is 6.25. The minimum atomic E-state index is 0.613. The van der Waals surface area contributed by atoms with Gasteiger partial charge in [0.15, 0.2) is 0 Å². The molecule has 1 saturated heterocycles. The van der Waals surface area contributed by atoms with Crippen molar-refractivity contribution in [1.82, 2.24) is 9.97 Å². The Morgan fingerprint density at radius 3 is 3.06 bits per heavy atom. The van der Waals surface area contributed by atoms with Gasteiger partial charge >= 0.3 is 0 Å². The van der Waals surface area contributed by atoms with E-state index < -0.39 is 0 Å². The standard InChI is InChI=1S/C12H20N4O/c1-2-4-10-11(13)14-9-15-12(10)16-5-3-7-17-8-6-16/h9H,2-8H2,1H3,(H2,13,14,15). The largest absolute Gasteiger partial charge is 0.383 e. The van der Waals surface area contributed by atoms with Crippen molar-refractivity contribution in [1.29, 1.82) is 0 Å². The second kappa shape index (κ2) is 5.82. The van der Waals surface area contributed by atoms with Crippen LogP contribution in [0.25, 0.3) is 0 Å². The fourth-order valence-electron chi connectivity index (χ4n) is 2.14. The minimum absolute atomic E-state index is 0.613. The summed E-state index contributed by atoms with van der Waals surface area (Å²) in [7, 11) is 0. The maximum Gasteiger partial charge on any atom is 0.137 e. The van der Waals surface area contributed by atoms with Gasteiger partial charge in [0.2, 0.25) is 0 Å². The van der Waals surface area contributed by atoms with Crippen molar-refractivity contribution in [2.45, 2.75) is 26.2 Å². The summed E-state index contributed by atoms with van der Waals surface area (Å²) in [5.41, 5.74) is 7.02. The lowest BCUT2D eigenvalue weighted by Gasteiger charge is -2.23. The second-order valence-electron chi connectivity index (χ2n) is 4.26. The minimum Gasteiger partial charge on any atom is -0.383 e. The molecule has 2 N–H and O–H groups in total. The first-order valence-corrected chi connectivity index (χ1v) is 6.25. The van der Waals surface area contributed by atoms with Crippen molar-refractivity contribution in [2.75, 3.05) is 36.9 Å². The summed E-state index contributed by atoms with van der Waals surface area (Å²) in [4.78, 5) is 10.7. The number of nitrogen functional groups attached to an aromatic ring is 1. The lowest BCUT2D eigenvalue weighted by molar-refractivity contribution is 0.152. The van der Waals surface area contributed by atoms with Crippen LogP contribution < -0.4 is 10.6 Å². The molecule has 2 rings (SSSR count). The Labute approximate surface area is 102 Å². The normalized spacial score (nSPS) is 16.9. The summed E-state index contributed by atoms with van der Waals surface area (Å²) < 4.78 is 5.46. The number of nitrogens with zero attached hydrogens (tertiary/aromatic N) is 3. The van der Waals surface area contributed by atoms with Gasteiger partial charge in [-0.3, -0.25) is 0 Å². The van der Waals surface area contributed by atoms with E-state index in [0.717, 1.165) is 56.9 Å². The number of hydrogen-bond donors (Lipinski definition) is 1. The van der Waals surface area contributed by atoms with Crippen LogP contribution in [-0.2, 0) is 11.2 Å². The molecule has 94 valence electrons. The van der Waals surface area contributed by atoms with Gasteiger partial charge in [-0.25, -0.2) is 9.97 Å². The van der Waals surface area contributed by atoms with Crippen LogP contribution in [-0.4, -0.2) is 36.3 Å². The molecule has 0 atom stereocenters. The van der Waals surface area contributed by atoms with Crippen molar-refractivity contribution in [3.63, 3.8) is 0 Å². The molecule has 2 heterocycles. The first-order chi connectivity index (χ1) is 8.33. The van der Waals surface area contributed by atoms with Crippen LogP contribution in [0.4, 0.5) is 11.6 Å². The molecule has 1 aliphatic heterocycles. The van der Waals surface area contributed by atoms with Crippen LogP contribution in [0.5, 0.6) is 0 Å². The number of nitrogens with two attached hydrogens (primary N) is 1. The van der Waals surface area contributed by atoms with Crippen LogP contribution >= 0.6 is 0 Å².